The summed E-state index contributed by atoms with van der Waals surface area (Å²) in [5.74, 6) is -1.30. The number of nitrogens with one attached hydrogen (secondary N) is 1. The first kappa shape index (κ1) is 14.1. The van der Waals surface area contributed by atoms with Crippen LogP contribution in [-0.2, 0) is 0 Å². The minimum atomic E-state index is -0.559. The molecule has 3 nitrogen and oxygen atoms in total. The third-order valence-electron chi connectivity index (χ3n) is 3.13. The van der Waals surface area contributed by atoms with E-state index in [1.54, 1.807) is 0 Å². The quantitative estimate of drug-likeness (QED) is 0.901. The van der Waals surface area contributed by atoms with Crippen LogP contribution < -0.4 is 5.32 Å². The fourth-order valence-electron chi connectivity index (χ4n) is 1.90. The van der Waals surface area contributed by atoms with Crippen molar-refractivity contribution in [2.24, 2.45) is 0 Å². The number of phenols is 1. The van der Waals surface area contributed by atoms with Crippen LogP contribution in [0.25, 0.3) is 0 Å². The van der Waals surface area contributed by atoms with Crippen LogP contribution >= 0.6 is 0 Å². The molecule has 1 unspecified atom stereocenters. The lowest BCUT2D eigenvalue weighted by Crippen LogP contribution is -2.26. The Morgan fingerprint density at radius 3 is 2.50 bits per heavy atom. The smallest absolute Gasteiger partial charge is 0.255 e. The van der Waals surface area contributed by atoms with E-state index in [2.05, 4.69) is 5.32 Å². The summed E-state index contributed by atoms with van der Waals surface area (Å²) in [5, 5.41) is 12.3. The standard InChI is InChI=1S/C16H16FNO2/c1-10-3-5-12(6-4-10)11(2)18-16(20)14-9-13(17)7-8-15(14)19/h3-9,11,19H,1-2H3,(H,18,20). The molecular formula is C16H16FNO2. The number of phenolic OH excluding ortho intramolecular Hbond substituents is 1. The topological polar surface area (TPSA) is 49.3 Å². The van der Waals surface area contributed by atoms with Crippen molar-refractivity contribution in [3.8, 4) is 5.75 Å². The predicted molar refractivity (Wildman–Crippen MR) is 75.1 cm³/mol. The molecule has 0 radical (unpaired) electrons. The van der Waals surface area contributed by atoms with Crippen molar-refractivity contribution >= 4 is 5.91 Å². The molecule has 104 valence electrons. The summed E-state index contributed by atoms with van der Waals surface area (Å²) in [5.41, 5.74) is 2.01. The van der Waals surface area contributed by atoms with E-state index in [0.717, 1.165) is 23.3 Å². The molecule has 0 bridgehead atoms. The number of amides is 1. The Hall–Kier alpha value is -2.36. The molecule has 0 aliphatic heterocycles. The number of hydrogen-bond acceptors (Lipinski definition) is 2. The minimum absolute atomic E-state index is 0.0658. The molecule has 0 aliphatic rings. The average molecular weight is 273 g/mol. The van der Waals surface area contributed by atoms with Crippen LogP contribution in [0, 0.1) is 12.7 Å². The third-order valence-corrected chi connectivity index (χ3v) is 3.13. The zero-order chi connectivity index (χ0) is 14.7. The van der Waals surface area contributed by atoms with Crippen LogP contribution in [0.1, 0.15) is 34.5 Å². The number of hydrogen-bond donors (Lipinski definition) is 2. The lowest BCUT2D eigenvalue weighted by molar-refractivity contribution is 0.0936. The largest absolute Gasteiger partial charge is 0.507 e. The van der Waals surface area contributed by atoms with Gasteiger partial charge in [-0.1, -0.05) is 29.8 Å². The third kappa shape index (κ3) is 3.15. The Morgan fingerprint density at radius 2 is 1.85 bits per heavy atom. The van der Waals surface area contributed by atoms with Crippen molar-refractivity contribution in [1.29, 1.82) is 0 Å². The second-order valence-electron chi connectivity index (χ2n) is 4.77. The maximum absolute atomic E-state index is 13.1. The first-order valence-electron chi connectivity index (χ1n) is 6.33. The number of rotatable bonds is 3. The first-order valence-corrected chi connectivity index (χ1v) is 6.33. The highest BCUT2D eigenvalue weighted by Crippen LogP contribution is 2.20. The van der Waals surface area contributed by atoms with Crippen LogP contribution in [0.15, 0.2) is 42.5 Å². The van der Waals surface area contributed by atoms with E-state index in [1.165, 1.54) is 6.07 Å². The molecule has 1 amide bonds. The Kier molecular flexibility index (Phi) is 4.03. The van der Waals surface area contributed by atoms with Crippen LogP contribution in [0.5, 0.6) is 5.75 Å². The summed E-state index contributed by atoms with van der Waals surface area (Å²) in [7, 11) is 0. The second kappa shape index (κ2) is 5.74. The van der Waals surface area contributed by atoms with Gasteiger partial charge in [-0.25, -0.2) is 4.39 Å². The van der Waals surface area contributed by atoms with Gasteiger partial charge in [0, 0.05) is 0 Å². The molecule has 20 heavy (non-hydrogen) atoms. The van der Waals surface area contributed by atoms with Gasteiger partial charge in [-0.3, -0.25) is 4.79 Å². The second-order valence-corrected chi connectivity index (χ2v) is 4.77. The summed E-state index contributed by atoms with van der Waals surface area (Å²) < 4.78 is 13.1. The highest BCUT2D eigenvalue weighted by atomic mass is 19.1. The van der Waals surface area contributed by atoms with Gasteiger partial charge in [0.1, 0.15) is 11.6 Å². The fourth-order valence-corrected chi connectivity index (χ4v) is 1.90. The van der Waals surface area contributed by atoms with Gasteiger partial charge in [-0.2, -0.15) is 0 Å². The molecule has 0 saturated heterocycles. The normalized spacial score (nSPS) is 11.9. The molecule has 2 aromatic rings. The van der Waals surface area contributed by atoms with Crippen molar-refractivity contribution in [1.82, 2.24) is 5.32 Å². The highest BCUT2D eigenvalue weighted by molar-refractivity contribution is 5.97. The SMILES string of the molecule is Cc1ccc(C(C)NC(=O)c2cc(F)ccc2O)cc1. The Morgan fingerprint density at radius 1 is 1.20 bits per heavy atom. The van der Waals surface area contributed by atoms with Crippen molar-refractivity contribution in [3.05, 3.63) is 65.0 Å². The molecule has 0 aromatic heterocycles. The zero-order valence-electron chi connectivity index (χ0n) is 11.4. The van der Waals surface area contributed by atoms with Gasteiger partial charge < -0.3 is 10.4 Å². The molecule has 0 heterocycles. The van der Waals surface area contributed by atoms with Crippen LogP contribution in [-0.4, -0.2) is 11.0 Å². The molecule has 0 saturated carbocycles. The Labute approximate surface area is 117 Å². The number of benzene rings is 2. The van der Waals surface area contributed by atoms with Gasteiger partial charge in [-0.15, -0.1) is 0 Å². The van der Waals surface area contributed by atoms with E-state index in [-0.39, 0.29) is 17.4 Å². The van der Waals surface area contributed by atoms with Gasteiger partial charge >= 0.3 is 0 Å². The van der Waals surface area contributed by atoms with Gasteiger partial charge in [-0.05, 0) is 37.6 Å². The van der Waals surface area contributed by atoms with Crippen LogP contribution in [0.3, 0.4) is 0 Å². The molecule has 4 heteroatoms. The van der Waals surface area contributed by atoms with Gasteiger partial charge in [0.05, 0.1) is 11.6 Å². The monoisotopic (exact) mass is 273 g/mol. The van der Waals surface area contributed by atoms with Crippen LogP contribution in [0.4, 0.5) is 4.39 Å². The summed E-state index contributed by atoms with van der Waals surface area (Å²) in [4.78, 5) is 12.0. The van der Waals surface area contributed by atoms with Crippen molar-refractivity contribution < 1.29 is 14.3 Å². The number of carbonyl (C=O) groups is 1. The number of aromatic hydroxyl groups is 1. The maximum atomic E-state index is 13.1. The van der Waals surface area contributed by atoms with Crippen molar-refractivity contribution in [2.75, 3.05) is 0 Å². The fraction of sp³-hybridized carbons (Fsp3) is 0.188. The molecule has 0 spiro atoms. The number of aryl methyl sites for hydroxylation is 1. The minimum Gasteiger partial charge on any atom is -0.507 e. The molecule has 2 aromatic carbocycles. The Balaban J connectivity index is 2.15. The molecule has 1 atom stereocenters. The van der Waals surface area contributed by atoms with Gasteiger partial charge in [0.2, 0.25) is 0 Å². The number of halogens is 1. The molecule has 2 rings (SSSR count). The van der Waals surface area contributed by atoms with Crippen molar-refractivity contribution in [3.63, 3.8) is 0 Å². The van der Waals surface area contributed by atoms with E-state index in [1.807, 2.05) is 38.1 Å². The van der Waals surface area contributed by atoms with E-state index < -0.39 is 11.7 Å². The molecule has 2 N–H and O–H groups in total. The molecular weight excluding hydrogens is 257 g/mol. The highest BCUT2D eigenvalue weighted by Gasteiger charge is 2.15. The summed E-state index contributed by atoms with van der Waals surface area (Å²) in [6, 6.07) is 10.8. The van der Waals surface area contributed by atoms with E-state index >= 15 is 0 Å². The average Bonchev–Trinajstić information content (AvgIpc) is 2.42. The van der Waals surface area contributed by atoms with E-state index in [0.29, 0.717) is 0 Å². The maximum Gasteiger partial charge on any atom is 0.255 e. The lowest BCUT2D eigenvalue weighted by atomic mass is 10.1. The first-order chi connectivity index (χ1) is 9.47. The number of carbonyl (C=O) groups excluding carboxylic acids is 1. The predicted octanol–water partition coefficient (Wildman–Crippen LogP) is 3.33. The van der Waals surface area contributed by atoms with Gasteiger partial charge in [0.25, 0.3) is 5.91 Å². The van der Waals surface area contributed by atoms with Crippen molar-refractivity contribution in [2.45, 2.75) is 19.9 Å². The summed E-state index contributed by atoms with van der Waals surface area (Å²) >= 11 is 0. The van der Waals surface area contributed by atoms with E-state index in [9.17, 15) is 14.3 Å². The summed E-state index contributed by atoms with van der Waals surface area (Å²) in [6.45, 7) is 3.82. The molecule has 0 fully saturated rings. The Bertz CT molecular complexity index is 623. The summed E-state index contributed by atoms with van der Waals surface area (Å²) in [6.07, 6.45) is 0. The lowest BCUT2D eigenvalue weighted by Gasteiger charge is -2.15. The zero-order valence-corrected chi connectivity index (χ0v) is 11.4. The van der Waals surface area contributed by atoms with Crippen LogP contribution in [0.2, 0.25) is 0 Å². The van der Waals surface area contributed by atoms with Gasteiger partial charge in [0.15, 0.2) is 0 Å². The molecule has 0 aliphatic carbocycles. The van der Waals surface area contributed by atoms with E-state index in [4.69, 9.17) is 0 Å².